The molecule has 5 fully saturated rings. The summed E-state index contributed by atoms with van der Waals surface area (Å²) in [5.41, 5.74) is -1.34. The molecule has 1 aliphatic heterocycles. The predicted octanol–water partition coefficient (Wildman–Crippen LogP) is 5.34. The number of esters is 1. The standard InChI is InChI=1S/C27H33ClO6S/c1-4-5-11-26-21(16(2)15-33-25(26)30)14-23(34-35(31,32)20-8-6-19(28)7-9-20)27-12-10-18(13-22(26)27)17(3)24(27)29/h6-9,16,18,21-23H,3-5,10-15H2,1-2H3/t16-,18+,21?,22?,23-,26?,27-/m1/s1. The molecular formula is C27H33ClO6S. The molecule has 3 unspecified atom stereocenters. The molecule has 0 aromatic heterocycles. The number of cyclic esters (lactones) is 1. The quantitative estimate of drug-likeness (QED) is 0.285. The molecule has 0 amide bonds. The molecule has 1 saturated heterocycles. The number of hydrogen-bond acceptors (Lipinski definition) is 6. The summed E-state index contributed by atoms with van der Waals surface area (Å²) in [4.78, 5) is 27.6. The lowest BCUT2D eigenvalue weighted by atomic mass is 9.38. The molecule has 35 heavy (non-hydrogen) atoms. The third kappa shape index (κ3) is 3.56. The highest BCUT2D eigenvalue weighted by atomic mass is 35.5. The van der Waals surface area contributed by atoms with Gasteiger partial charge in [-0.1, -0.05) is 44.9 Å². The lowest BCUT2D eigenvalue weighted by molar-refractivity contribution is -0.226. The number of allylic oxidation sites excluding steroid dienone is 1. The molecule has 1 aromatic rings. The summed E-state index contributed by atoms with van der Waals surface area (Å²) in [5.74, 6) is -0.713. The van der Waals surface area contributed by atoms with Crippen molar-refractivity contribution in [2.45, 2.75) is 69.8 Å². The molecule has 0 radical (unpaired) electrons. The Kier molecular flexibility index (Phi) is 6.21. The summed E-state index contributed by atoms with van der Waals surface area (Å²) in [6, 6.07) is 5.85. The SMILES string of the molecule is C=C1C(=O)[C@]23CC[C@H]1CC2C1(CCCC)C(=O)OC[C@@H](C)C1C[C@H]3OS(=O)(=O)c1ccc(Cl)cc1. The molecule has 4 aliphatic carbocycles. The fraction of sp³-hybridized carbons (Fsp3) is 0.630. The van der Waals surface area contributed by atoms with Crippen molar-refractivity contribution in [2.75, 3.05) is 6.61 Å². The van der Waals surface area contributed by atoms with Crippen LogP contribution in [0.15, 0.2) is 41.3 Å². The second kappa shape index (κ2) is 8.70. The number of rotatable bonds is 6. The average molecular weight is 521 g/mol. The molecule has 1 spiro atoms. The van der Waals surface area contributed by atoms with Crippen LogP contribution in [0, 0.1) is 34.5 Å². The number of fused-ring (bicyclic) bond motifs is 3. The van der Waals surface area contributed by atoms with Gasteiger partial charge in [-0.25, -0.2) is 0 Å². The van der Waals surface area contributed by atoms with Crippen LogP contribution in [0.4, 0.5) is 0 Å². The summed E-state index contributed by atoms with van der Waals surface area (Å²) >= 11 is 5.96. The van der Waals surface area contributed by atoms with Crippen molar-refractivity contribution in [1.29, 1.82) is 0 Å². The summed E-state index contributed by atoms with van der Waals surface area (Å²) in [6.45, 7) is 8.55. The molecule has 8 heteroatoms. The van der Waals surface area contributed by atoms with Crippen LogP contribution in [-0.2, 0) is 28.6 Å². The van der Waals surface area contributed by atoms with Gasteiger partial charge in [0.25, 0.3) is 10.1 Å². The van der Waals surface area contributed by atoms with Gasteiger partial charge >= 0.3 is 5.97 Å². The summed E-state index contributed by atoms with van der Waals surface area (Å²) in [5, 5.41) is 0.424. The highest BCUT2D eigenvalue weighted by molar-refractivity contribution is 7.86. The van der Waals surface area contributed by atoms with E-state index in [1.54, 1.807) is 0 Å². The molecule has 2 bridgehead atoms. The van der Waals surface area contributed by atoms with Crippen LogP contribution in [0.1, 0.15) is 58.8 Å². The van der Waals surface area contributed by atoms with E-state index in [0.717, 1.165) is 19.3 Å². The Morgan fingerprint density at radius 2 is 1.91 bits per heavy atom. The Morgan fingerprint density at radius 3 is 2.60 bits per heavy atom. The second-order valence-corrected chi connectivity index (χ2v) is 13.0. The number of carbonyl (C=O) groups is 2. The van der Waals surface area contributed by atoms with Crippen LogP contribution in [0.5, 0.6) is 0 Å². The Balaban J connectivity index is 1.64. The van der Waals surface area contributed by atoms with Crippen molar-refractivity contribution in [2.24, 2.45) is 34.5 Å². The first-order valence-corrected chi connectivity index (χ1v) is 14.5. The van der Waals surface area contributed by atoms with E-state index < -0.39 is 27.1 Å². The van der Waals surface area contributed by atoms with E-state index in [1.807, 2.05) is 0 Å². The lowest BCUT2D eigenvalue weighted by Crippen LogP contribution is -2.70. The zero-order chi connectivity index (χ0) is 25.2. The normalized spacial score (nSPS) is 38.6. The minimum atomic E-state index is -4.16. The number of unbranched alkanes of at least 4 members (excludes halogenated alkanes) is 1. The van der Waals surface area contributed by atoms with Crippen molar-refractivity contribution in [1.82, 2.24) is 0 Å². The summed E-state index contributed by atoms with van der Waals surface area (Å²) in [7, 11) is -4.16. The molecular weight excluding hydrogens is 488 g/mol. The summed E-state index contributed by atoms with van der Waals surface area (Å²) < 4.78 is 38.6. The Morgan fingerprint density at radius 1 is 1.20 bits per heavy atom. The number of Topliss-reactive ketones (excluding diaryl/α,β-unsaturated/α-hetero) is 1. The molecule has 1 aromatic carbocycles. The molecule has 1 heterocycles. The Hall–Kier alpha value is -1.70. The smallest absolute Gasteiger partial charge is 0.312 e. The van der Waals surface area contributed by atoms with Crippen molar-refractivity contribution >= 4 is 33.5 Å². The second-order valence-electron chi connectivity index (χ2n) is 11.0. The van der Waals surface area contributed by atoms with Crippen molar-refractivity contribution in [3.63, 3.8) is 0 Å². The van der Waals surface area contributed by atoms with Gasteiger partial charge in [-0.15, -0.1) is 0 Å². The number of hydrogen-bond donors (Lipinski definition) is 0. The maximum atomic E-state index is 14.0. The molecule has 190 valence electrons. The van der Waals surface area contributed by atoms with E-state index in [0.29, 0.717) is 42.9 Å². The van der Waals surface area contributed by atoms with Crippen LogP contribution in [0.25, 0.3) is 0 Å². The van der Waals surface area contributed by atoms with Crippen molar-refractivity contribution in [3.05, 3.63) is 41.4 Å². The topological polar surface area (TPSA) is 86.7 Å². The molecule has 0 N–H and O–H groups in total. The third-order valence-electron chi connectivity index (χ3n) is 9.42. The third-order valence-corrected chi connectivity index (χ3v) is 11.0. The maximum absolute atomic E-state index is 14.0. The first-order chi connectivity index (χ1) is 16.6. The van der Waals surface area contributed by atoms with Gasteiger partial charge in [0, 0.05) is 5.02 Å². The fourth-order valence-corrected chi connectivity index (χ4v) is 9.00. The van der Waals surface area contributed by atoms with Gasteiger partial charge in [0.15, 0.2) is 5.78 Å². The van der Waals surface area contributed by atoms with E-state index >= 15 is 0 Å². The minimum absolute atomic E-state index is 0.00421. The van der Waals surface area contributed by atoms with Crippen LogP contribution >= 0.6 is 11.6 Å². The van der Waals surface area contributed by atoms with Crippen molar-refractivity contribution in [3.8, 4) is 0 Å². The van der Waals surface area contributed by atoms with E-state index in [-0.39, 0.29) is 40.3 Å². The molecule has 4 saturated carbocycles. The lowest BCUT2D eigenvalue weighted by Gasteiger charge is -2.66. The van der Waals surface area contributed by atoms with Gasteiger partial charge in [0.05, 0.1) is 28.4 Å². The van der Waals surface area contributed by atoms with Gasteiger partial charge in [0.1, 0.15) is 0 Å². The van der Waals surface area contributed by atoms with Gasteiger partial charge < -0.3 is 4.74 Å². The highest BCUT2D eigenvalue weighted by Crippen LogP contribution is 2.69. The van der Waals surface area contributed by atoms with Gasteiger partial charge in [-0.2, -0.15) is 8.42 Å². The molecule has 5 aliphatic rings. The van der Waals surface area contributed by atoms with E-state index in [1.165, 1.54) is 24.3 Å². The summed E-state index contributed by atoms with van der Waals surface area (Å²) in [6.07, 6.45) is 3.79. The monoisotopic (exact) mass is 520 g/mol. The van der Waals surface area contributed by atoms with Gasteiger partial charge in [-0.3, -0.25) is 13.8 Å². The van der Waals surface area contributed by atoms with Crippen LogP contribution in [0.2, 0.25) is 5.02 Å². The van der Waals surface area contributed by atoms with Crippen LogP contribution < -0.4 is 0 Å². The molecule has 6 nitrogen and oxygen atoms in total. The number of halogens is 1. The van der Waals surface area contributed by atoms with E-state index in [2.05, 4.69) is 20.4 Å². The van der Waals surface area contributed by atoms with E-state index in [9.17, 15) is 18.0 Å². The zero-order valence-electron chi connectivity index (χ0n) is 20.3. The van der Waals surface area contributed by atoms with Gasteiger partial charge in [0.2, 0.25) is 0 Å². The van der Waals surface area contributed by atoms with Crippen LogP contribution in [-0.4, -0.2) is 32.9 Å². The van der Waals surface area contributed by atoms with Gasteiger partial charge in [-0.05, 0) is 85.6 Å². The zero-order valence-corrected chi connectivity index (χ0v) is 21.9. The average Bonchev–Trinajstić information content (AvgIpc) is 2.83. The predicted molar refractivity (Wildman–Crippen MR) is 131 cm³/mol. The first kappa shape index (κ1) is 25.0. The number of ether oxygens (including phenoxy) is 1. The fourth-order valence-electron chi connectivity index (χ4n) is 7.74. The minimum Gasteiger partial charge on any atom is -0.465 e. The Labute approximate surface area is 212 Å². The number of benzene rings is 1. The first-order valence-electron chi connectivity index (χ1n) is 12.7. The van der Waals surface area contributed by atoms with Crippen molar-refractivity contribution < 1.29 is 26.9 Å². The number of carbonyl (C=O) groups excluding carboxylic acids is 2. The molecule has 7 atom stereocenters. The van der Waals surface area contributed by atoms with Crippen LogP contribution in [0.3, 0.4) is 0 Å². The molecule has 6 rings (SSSR count). The number of ketones is 1. The Bertz CT molecular complexity index is 1160. The maximum Gasteiger partial charge on any atom is 0.312 e. The largest absolute Gasteiger partial charge is 0.465 e. The highest BCUT2D eigenvalue weighted by Gasteiger charge is 2.73. The van der Waals surface area contributed by atoms with E-state index in [4.69, 9.17) is 20.5 Å².